The first-order valence-corrected chi connectivity index (χ1v) is 4.93. The van der Waals surface area contributed by atoms with E-state index in [9.17, 15) is 4.79 Å². The average Bonchev–Trinajstić information content (AvgIpc) is 2.67. The van der Waals surface area contributed by atoms with Crippen LogP contribution in [0.2, 0.25) is 0 Å². The van der Waals surface area contributed by atoms with Crippen molar-refractivity contribution in [2.24, 2.45) is 4.99 Å². The number of esters is 1. The first-order valence-electron chi connectivity index (χ1n) is 3.86. The van der Waals surface area contributed by atoms with Gasteiger partial charge in [0.25, 0.3) is 0 Å². The van der Waals surface area contributed by atoms with Crippen LogP contribution in [-0.4, -0.2) is 20.8 Å². The van der Waals surface area contributed by atoms with Crippen molar-refractivity contribution in [3.8, 4) is 0 Å². The zero-order chi connectivity index (χ0) is 8.40. The highest BCUT2D eigenvalue weighted by Crippen LogP contribution is 2.57. The first-order chi connectivity index (χ1) is 5.69. The normalized spacial score (nSPS) is 47.8. The van der Waals surface area contributed by atoms with E-state index in [0.29, 0.717) is 5.90 Å². The molecule has 0 amide bonds. The van der Waals surface area contributed by atoms with Gasteiger partial charge in [-0.25, -0.2) is 4.99 Å². The van der Waals surface area contributed by atoms with Gasteiger partial charge < -0.3 is 4.74 Å². The van der Waals surface area contributed by atoms with E-state index in [-0.39, 0.29) is 11.5 Å². The van der Waals surface area contributed by atoms with Crippen molar-refractivity contribution in [2.45, 2.75) is 21.8 Å². The number of hydrogen-bond donors (Lipinski definition) is 0. The topological polar surface area (TPSA) is 38.7 Å². The number of aliphatic imine (C=N–C) groups is 1. The summed E-state index contributed by atoms with van der Waals surface area (Å²) >= 11 is 2.19. The third-order valence-electron chi connectivity index (χ3n) is 2.74. The Balaban J connectivity index is 2.14. The van der Waals surface area contributed by atoms with E-state index in [1.54, 1.807) is 0 Å². The molecule has 0 radical (unpaired) electrons. The molecular formula is C8H6INO2. The van der Waals surface area contributed by atoms with Crippen LogP contribution >= 0.6 is 22.6 Å². The molecule has 0 saturated carbocycles. The summed E-state index contributed by atoms with van der Waals surface area (Å²) in [4.78, 5) is 15.7. The lowest BCUT2D eigenvalue weighted by Crippen LogP contribution is -2.44. The van der Waals surface area contributed by atoms with Crippen LogP contribution in [0.15, 0.2) is 17.1 Å². The molecule has 3 nitrogen and oxygen atoms in total. The van der Waals surface area contributed by atoms with Crippen LogP contribution in [0.25, 0.3) is 0 Å². The fourth-order valence-corrected chi connectivity index (χ4v) is 2.83. The van der Waals surface area contributed by atoms with Crippen LogP contribution in [-0.2, 0) is 9.53 Å². The number of alkyl halides is 1. The van der Waals surface area contributed by atoms with Crippen molar-refractivity contribution in [3.63, 3.8) is 0 Å². The minimum atomic E-state index is -0.422. The maximum Gasteiger partial charge on any atom is 0.332 e. The molecule has 1 aliphatic carbocycles. The molecule has 4 heteroatoms. The number of halogens is 1. The molecule has 1 saturated heterocycles. The summed E-state index contributed by atoms with van der Waals surface area (Å²) in [5.41, 5.74) is -0.264. The van der Waals surface area contributed by atoms with Crippen molar-refractivity contribution in [1.82, 2.24) is 0 Å². The number of allylic oxidation sites excluding steroid dienone is 1. The summed E-state index contributed by atoms with van der Waals surface area (Å²) in [6, 6.07) is 0. The molecule has 0 bridgehead atoms. The van der Waals surface area contributed by atoms with Crippen LogP contribution in [0.5, 0.6) is 0 Å². The number of ether oxygens (including phenoxy) is 1. The summed E-state index contributed by atoms with van der Waals surface area (Å²) < 4.78 is 4.62. The maximum absolute atomic E-state index is 11.4. The molecular weight excluding hydrogens is 269 g/mol. The summed E-state index contributed by atoms with van der Waals surface area (Å²) in [5.74, 6) is 0.545. The van der Waals surface area contributed by atoms with Crippen molar-refractivity contribution < 1.29 is 9.53 Å². The molecule has 0 aromatic carbocycles. The minimum Gasteiger partial charge on any atom is -0.408 e. The zero-order valence-electron chi connectivity index (χ0n) is 6.21. The van der Waals surface area contributed by atoms with Crippen molar-refractivity contribution in [2.75, 3.05) is 0 Å². The van der Waals surface area contributed by atoms with Crippen LogP contribution in [0.4, 0.5) is 0 Å². The van der Waals surface area contributed by atoms with E-state index in [0.717, 1.165) is 12.8 Å². The quantitative estimate of drug-likeness (QED) is 0.288. The molecule has 2 unspecified atom stereocenters. The Morgan fingerprint density at radius 1 is 1.50 bits per heavy atom. The molecule has 62 valence electrons. The zero-order valence-corrected chi connectivity index (χ0v) is 8.37. The number of carbonyl (C=O) groups is 1. The lowest BCUT2D eigenvalue weighted by molar-refractivity contribution is -0.135. The van der Waals surface area contributed by atoms with Crippen molar-refractivity contribution in [1.29, 1.82) is 0 Å². The van der Waals surface area contributed by atoms with E-state index < -0.39 is 3.42 Å². The maximum atomic E-state index is 11.4. The number of nitrogens with zero attached hydrogens (tertiary/aromatic N) is 1. The van der Waals surface area contributed by atoms with Gasteiger partial charge in [-0.2, -0.15) is 0 Å². The standard InChI is InChI=1S/C8H6INO2/c9-7-3-1-2-4-8(7)5(10-8)12-6(7)11/h1-2H,3-4H2. The van der Waals surface area contributed by atoms with E-state index >= 15 is 0 Å². The van der Waals surface area contributed by atoms with Crippen molar-refractivity contribution in [3.05, 3.63) is 12.2 Å². The Morgan fingerprint density at radius 2 is 2.25 bits per heavy atom. The van der Waals surface area contributed by atoms with Gasteiger partial charge in [0.1, 0.15) is 0 Å². The molecule has 1 fully saturated rings. The predicted octanol–water partition coefficient (Wildman–Crippen LogP) is 1.22. The van der Waals surface area contributed by atoms with Gasteiger partial charge in [0.05, 0.1) is 0 Å². The number of carbonyl (C=O) groups excluding carboxylic acids is 1. The second-order valence-corrected chi connectivity index (χ2v) is 5.19. The van der Waals surface area contributed by atoms with Gasteiger partial charge in [-0.1, -0.05) is 34.7 Å². The Hall–Kier alpha value is -0.390. The van der Waals surface area contributed by atoms with Gasteiger partial charge in [-0.15, -0.1) is 0 Å². The lowest BCUT2D eigenvalue weighted by Gasteiger charge is -2.27. The molecule has 1 spiro atoms. The Labute approximate surface area is 83.0 Å². The Morgan fingerprint density at radius 3 is 3.00 bits per heavy atom. The third kappa shape index (κ3) is 0.532. The van der Waals surface area contributed by atoms with E-state index in [4.69, 9.17) is 4.74 Å². The molecule has 12 heavy (non-hydrogen) atoms. The second kappa shape index (κ2) is 1.76. The average molecular weight is 275 g/mol. The highest BCUT2D eigenvalue weighted by atomic mass is 127. The first kappa shape index (κ1) is 7.06. The smallest absolute Gasteiger partial charge is 0.332 e. The summed E-state index contributed by atoms with van der Waals surface area (Å²) in [6.45, 7) is 0. The van der Waals surface area contributed by atoms with E-state index in [2.05, 4.69) is 33.7 Å². The molecule has 0 aromatic heterocycles. The number of rotatable bonds is 0. The van der Waals surface area contributed by atoms with Crippen LogP contribution in [0, 0.1) is 0 Å². The lowest BCUT2D eigenvalue weighted by atomic mass is 9.82. The third-order valence-corrected chi connectivity index (χ3v) is 4.52. The molecule has 2 heterocycles. The monoisotopic (exact) mass is 275 g/mol. The Kier molecular flexibility index (Phi) is 1.03. The fraction of sp³-hybridized carbons (Fsp3) is 0.500. The highest BCUT2D eigenvalue weighted by Gasteiger charge is 2.73. The molecule has 2 atom stereocenters. The van der Waals surface area contributed by atoms with Crippen molar-refractivity contribution >= 4 is 34.5 Å². The summed E-state index contributed by atoms with van der Waals surface area (Å²) in [6.07, 6.45) is 5.70. The molecule has 3 aliphatic rings. The fourth-order valence-electron chi connectivity index (χ4n) is 1.89. The van der Waals surface area contributed by atoms with Gasteiger partial charge in [-0.3, -0.25) is 4.79 Å². The van der Waals surface area contributed by atoms with Crippen LogP contribution < -0.4 is 0 Å². The minimum absolute atomic E-state index is 0.113. The van der Waals surface area contributed by atoms with Crippen LogP contribution in [0.3, 0.4) is 0 Å². The van der Waals surface area contributed by atoms with Gasteiger partial charge in [0.15, 0.2) is 8.96 Å². The SMILES string of the molecule is O=C1OC2=NC23CC=CCC13I. The van der Waals surface area contributed by atoms with Gasteiger partial charge in [0.2, 0.25) is 5.90 Å². The van der Waals surface area contributed by atoms with Gasteiger partial charge >= 0.3 is 5.97 Å². The largest absolute Gasteiger partial charge is 0.408 e. The summed E-state index contributed by atoms with van der Waals surface area (Å²) in [5, 5.41) is 0. The van der Waals surface area contributed by atoms with Crippen LogP contribution in [0.1, 0.15) is 12.8 Å². The van der Waals surface area contributed by atoms with E-state index in [1.165, 1.54) is 0 Å². The highest BCUT2D eigenvalue weighted by molar-refractivity contribution is 14.1. The molecule has 3 rings (SSSR count). The molecule has 0 aromatic rings. The second-order valence-electron chi connectivity index (χ2n) is 3.35. The molecule has 2 aliphatic heterocycles. The van der Waals surface area contributed by atoms with Gasteiger partial charge in [0, 0.05) is 6.42 Å². The Bertz CT molecular complexity index is 349. The number of hydrogen-bond acceptors (Lipinski definition) is 3. The van der Waals surface area contributed by atoms with E-state index in [1.807, 2.05) is 6.08 Å². The summed E-state index contributed by atoms with van der Waals surface area (Å²) in [7, 11) is 0. The molecule has 0 N–H and O–H groups in total. The predicted molar refractivity (Wildman–Crippen MR) is 51.4 cm³/mol. The van der Waals surface area contributed by atoms with Gasteiger partial charge in [-0.05, 0) is 6.42 Å².